The van der Waals surface area contributed by atoms with Crippen LogP contribution in [0.4, 0.5) is 15.9 Å². The molecule has 0 spiro atoms. The van der Waals surface area contributed by atoms with E-state index in [9.17, 15) is 9.18 Å². The van der Waals surface area contributed by atoms with Crippen LogP contribution in [0.15, 0.2) is 36.5 Å². The van der Waals surface area contributed by atoms with E-state index in [1.54, 1.807) is 7.11 Å². The molecule has 1 heterocycles. The third-order valence-corrected chi connectivity index (χ3v) is 2.93. The third kappa shape index (κ3) is 3.76. The van der Waals surface area contributed by atoms with Gasteiger partial charge in [-0.1, -0.05) is 18.2 Å². The van der Waals surface area contributed by atoms with Crippen molar-refractivity contribution in [3.63, 3.8) is 0 Å². The predicted octanol–water partition coefficient (Wildman–Crippen LogP) is 2.85. The molecule has 0 aliphatic rings. The molecule has 110 valence electrons. The summed E-state index contributed by atoms with van der Waals surface area (Å²) >= 11 is 0. The van der Waals surface area contributed by atoms with Crippen molar-refractivity contribution >= 4 is 17.5 Å². The number of carboxylic acids is 1. The van der Waals surface area contributed by atoms with Gasteiger partial charge in [-0.05, 0) is 24.1 Å². The second kappa shape index (κ2) is 6.81. The maximum atomic E-state index is 13.1. The van der Waals surface area contributed by atoms with Crippen molar-refractivity contribution in [1.82, 2.24) is 4.98 Å². The van der Waals surface area contributed by atoms with E-state index in [0.29, 0.717) is 13.0 Å². The Hall–Kier alpha value is -2.47. The summed E-state index contributed by atoms with van der Waals surface area (Å²) in [7, 11) is 1.61. The molecule has 0 atom stereocenters. The SMILES string of the molecule is COCCc1ccccc1Nc1ncc(F)cc1C(=O)O. The Labute approximate surface area is 121 Å². The highest BCUT2D eigenvalue weighted by Gasteiger charge is 2.14. The Kier molecular flexibility index (Phi) is 4.84. The van der Waals surface area contributed by atoms with E-state index in [-0.39, 0.29) is 11.4 Å². The number of nitrogens with one attached hydrogen (secondary N) is 1. The first kappa shape index (κ1) is 14.9. The highest BCUT2D eigenvalue weighted by atomic mass is 19.1. The van der Waals surface area contributed by atoms with Crippen LogP contribution in [0.2, 0.25) is 0 Å². The molecule has 0 bridgehead atoms. The second-order valence-corrected chi connectivity index (χ2v) is 4.38. The van der Waals surface area contributed by atoms with E-state index >= 15 is 0 Å². The number of halogens is 1. The summed E-state index contributed by atoms with van der Waals surface area (Å²) in [6.07, 6.45) is 1.65. The van der Waals surface area contributed by atoms with Crippen LogP contribution < -0.4 is 5.32 Å². The van der Waals surface area contributed by atoms with Crippen molar-refractivity contribution in [3.05, 3.63) is 53.5 Å². The fourth-order valence-electron chi connectivity index (χ4n) is 1.90. The molecule has 6 heteroatoms. The number of benzene rings is 1. The number of anilines is 2. The van der Waals surface area contributed by atoms with Gasteiger partial charge in [-0.25, -0.2) is 14.2 Å². The number of hydrogen-bond donors (Lipinski definition) is 2. The summed E-state index contributed by atoms with van der Waals surface area (Å²) in [6.45, 7) is 0.543. The first-order valence-corrected chi connectivity index (χ1v) is 6.34. The summed E-state index contributed by atoms with van der Waals surface area (Å²) in [5.74, 6) is -1.82. The summed E-state index contributed by atoms with van der Waals surface area (Å²) in [5, 5.41) is 12.1. The first-order chi connectivity index (χ1) is 10.1. The lowest BCUT2D eigenvalue weighted by atomic mass is 10.1. The van der Waals surface area contributed by atoms with Crippen LogP contribution in [0.25, 0.3) is 0 Å². The van der Waals surface area contributed by atoms with E-state index in [4.69, 9.17) is 9.84 Å². The average Bonchev–Trinajstić information content (AvgIpc) is 2.48. The summed E-state index contributed by atoms with van der Waals surface area (Å²) < 4.78 is 18.2. The molecule has 0 aliphatic carbocycles. The average molecular weight is 290 g/mol. The smallest absolute Gasteiger partial charge is 0.339 e. The maximum absolute atomic E-state index is 13.1. The quantitative estimate of drug-likeness (QED) is 0.856. The Balaban J connectivity index is 2.32. The number of hydrogen-bond acceptors (Lipinski definition) is 4. The molecule has 21 heavy (non-hydrogen) atoms. The molecule has 0 amide bonds. The highest BCUT2D eigenvalue weighted by Crippen LogP contribution is 2.23. The number of methoxy groups -OCH3 is 1. The second-order valence-electron chi connectivity index (χ2n) is 4.38. The van der Waals surface area contributed by atoms with Crippen LogP contribution >= 0.6 is 0 Å². The van der Waals surface area contributed by atoms with Gasteiger partial charge < -0.3 is 15.2 Å². The number of carboxylic acid groups (broad SMARTS) is 1. The molecule has 0 saturated heterocycles. The predicted molar refractivity (Wildman–Crippen MR) is 76.5 cm³/mol. The Morgan fingerprint density at radius 1 is 1.43 bits per heavy atom. The number of rotatable bonds is 6. The van der Waals surface area contributed by atoms with Crippen LogP contribution in [0.5, 0.6) is 0 Å². The molecule has 1 aromatic carbocycles. The lowest BCUT2D eigenvalue weighted by molar-refractivity contribution is 0.0697. The van der Waals surface area contributed by atoms with Gasteiger partial charge in [0.15, 0.2) is 0 Å². The number of ether oxygens (including phenoxy) is 1. The van der Waals surface area contributed by atoms with Gasteiger partial charge in [-0.3, -0.25) is 0 Å². The van der Waals surface area contributed by atoms with E-state index in [0.717, 1.165) is 23.5 Å². The molecule has 0 fully saturated rings. The van der Waals surface area contributed by atoms with Gasteiger partial charge in [0.25, 0.3) is 0 Å². The number of nitrogens with zero attached hydrogens (tertiary/aromatic N) is 1. The Morgan fingerprint density at radius 2 is 2.19 bits per heavy atom. The molecule has 2 N–H and O–H groups in total. The van der Waals surface area contributed by atoms with Crippen LogP contribution in [0.3, 0.4) is 0 Å². The molecule has 2 rings (SSSR count). The molecule has 2 aromatic rings. The van der Waals surface area contributed by atoms with Crippen LogP contribution in [-0.4, -0.2) is 29.8 Å². The van der Waals surface area contributed by atoms with Gasteiger partial charge in [0, 0.05) is 12.8 Å². The molecular weight excluding hydrogens is 275 g/mol. The number of aromatic nitrogens is 1. The lowest BCUT2D eigenvalue weighted by Crippen LogP contribution is -2.07. The normalized spacial score (nSPS) is 10.4. The molecule has 0 unspecified atom stereocenters. The van der Waals surface area contributed by atoms with Gasteiger partial charge in [0.1, 0.15) is 17.2 Å². The van der Waals surface area contributed by atoms with E-state index < -0.39 is 11.8 Å². The minimum atomic E-state index is -1.24. The standard InChI is InChI=1S/C15H15FN2O3/c1-21-7-6-10-4-2-3-5-13(10)18-14-12(15(19)20)8-11(16)9-17-14/h2-5,8-9H,6-7H2,1H3,(H,17,18)(H,19,20). The monoisotopic (exact) mass is 290 g/mol. The summed E-state index contributed by atoms with van der Waals surface area (Å²) in [4.78, 5) is 15.0. The van der Waals surface area contributed by atoms with Crippen LogP contribution in [0.1, 0.15) is 15.9 Å². The number of pyridine rings is 1. The van der Waals surface area contributed by atoms with Crippen molar-refractivity contribution in [2.24, 2.45) is 0 Å². The zero-order chi connectivity index (χ0) is 15.2. The number of carbonyl (C=O) groups is 1. The van der Waals surface area contributed by atoms with Gasteiger partial charge in [-0.2, -0.15) is 0 Å². The molecule has 1 aromatic heterocycles. The fourth-order valence-corrected chi connectivity index (χ4v) is 1.90. The summed E-state index contributed by atoms with van der Waals surface area (Å²) in [6, 6.07) is 8.36. The maximum Gasteiger partial charge on any atom is 0.339 e. The van der Waals surface area contributed by atoms with E-state index in [1.165, 1.54) is 0 Å². The van der Waals surface area contributed by atoms with Crippen molar-refractivity contribution in [2.45, 2.75) is 6.42 Å². The van der Waals surface area contributed by atoms with E-state index in [1.807, 2.05) is 24.3 Å². The van der Waals surface area contributed by atoms with E-state index in [2.05, 4.69) is 10.3 Å². The largest absolute Gasteiger partial charge is 0.478 e. The van der Waals surface area contributed by atoms with Gasteiger partial charge in [0.05, 0.1) is 12.8 Å². The highest BCUT2D eigenvalue weighted by molar-refractivity contribution is 5.94. The number of para-hydroxylation sites is 1. The lowest BCUT2D eigenvalue weighted by Gasteiger charge is -2.12. The van der Waals surface area contributed by atoms with Gasteiger partial charge in [-0.15, -0.1) is 0 Å². The Morgan fingerprint density at radius 3 is 2.90 bits per heavy atom. The van der Waals surface area contributed by atoms with Crippen LogP contribution in [0, 0.1) is 5.82 Å². The third-order valence-electron chi connectivity index (χ3n) is 2.93. The molecule has 0 aliphatic heterocycles. The minimum Gasteiger partial charge on any atom is -0.478 e. The zero-order valence-electron chi connectivity index (χ0n) is 11.5. The molecule has 0 radical (unpaired) electrons. The first-order valence-electron chi connectivity index (χ1n) is 6.34. The van der Waals surface area contributed by atoms with Crippen molar-refractivity contribution < 1.29 is 19.0 Å². The molecule has 5 nitrogen and oxygen atoms in total. The van der Waals surface area contributed by atoms with Crippen molar-refractivity contribution in [2.75, 3.05) is 19.0 Å². The summed E-state index contributed by atoms with van der Waals surface area (Å²) in [5.41, 5.74) is 1.47. The number of aromatic carboxylic acids is 1. The zero-order valence-corrected chi connectivity index (χ0v) is 11.5. The fraction of sp³-hybridized carbons (Fsp3) is 0.200. The van der Waals surface area contributed by atoms with Crippen molar-refractivity contribution in [1.29, 1.82) is 0 Å². The molecular formula is C15H15FN2O3. The van der Waals surface area contributed by atoms with Gasteiger partial charge >= 0.3 is 5.97 Å². The van der Waals surface area contributed by atoms with Crippen LogP contribution in [-0.2, 0) is 11.2 Å². The van der Waals surface area contributed by atoms with Crippen molar-refractivity contribution in [3.8, 4) is 0 Å². The molecule has 0 saturated carbocycles. The minimum absolute atomic E-state index is 0.105. The topological polar surface area (TPSA) is 71.5 Å². The van der Waals surface area contributed by atoms with Gasteiger partial charge in [0.2, 0.25) is 0 Å². The Bertz CT molecular complexity index is 647.